The van der Waals surface area contributed by atoms with Gasteiger partial charge in [-0.05, 0) is 24.8 Å². The fourth-order valence-corrected chi connectivity index (χ4v) is 1.28. The Bertz CT molecular complexity index is 284. The Balaban J connectivity index is 2.67. The van der Waals surface area contributed by atoms with E-state index in [9.17, 15) is 0 Å². The van der Waals surface area contributed by atoms with E-state index in [2.05, 4.69) is 18.8 Å². The Morgan fingerprint density at radius 2 is 2.23 bits per heavy atom. The number of pyridine rings is 1. The van der Waals surface area contributed by atoms with E-state index in [0.29, 0.717) is 16.6 Å². The summed E-state index contributed by atoms with van der Waals surface area (Å²) in [5, 5.41) is 0.603. The van der Waals surface area contributed by atoms with Gasteiger partial charge in [-0.3, -0.25) is 4.98 Å². The molecule has 0 saturated carbocycles. The van der Waals surface area contributed by atoms with E-state index in [0.717, 1.165) is 18.5 Å². The molecular weight excluding hydrogens is 184 g/mol. The minimum absolute atomic E-state index is 0.603. The minimum atomic E-state index is 0.603. The molecule has 1 rings (SSSR count). The number of aromatic nitrogens is 1. The topological polar surface area (TPSA) is 38.9 Å². The number of nitrogens with zero attached hydrogens (tertiary/aromatic N) is 1. The molecule has 1 aromatic heterocycles. The van der Waals surface area contributed by atoms with E-state index in [1.807, 2.05) is 0 Å². The summed E-state index contributed by atoms with van der Waals surface area (Å²) in [6, 6.07) is 1.75. The van der Waals surface area contributed by atoms with E-state index in [-0.39, 0.29) is 0 Å². The van der Waals surface area contributed by atoms with E-state index in [4.69, 9.17) is 17.3 Å². The lowest BCUT2D eigenvalue weighted by Gasteiger charge is -2.06. The maximum Gasteiger partial charge on any atom is 0.0633 e. The van der Waals surface area contributed by atoms with Crippen molar-refractivity contribution in [1.29, 1.82) is 0 Å². The molecule has 13 heavy (non-hydrogen) atoms. The molecule has 2 nitrogen and oxygen atoms in total. The zero-order valence-electron chi connectivity index (χ0n) is 8.05. The molecule has 0 aliphatic carbocycles. The normalized spacial score (nSPS) is 10.8. The number of hydrogen-bond donors (Lipinski definition) is 1. The number of aryl methyl sites for hydroxylation is 1. The van der Waals surface area contributed by atoms with Gasteiger partial charge in [0.25, 0.3) is 0 Å². The number of rotatable bonds is 3. The summed E-state index contributed by atoms with van der Waals surface area (Å²) in [6.45, 7) is 4.37. The molecule has 0 amide bonds. The van der Waals surface area contributed by atoms with Crippen molar-refractivity contribution in [2.75, 3.05) is 5.73 Å². The van der Waals surface area contributed by atoms with Crippen molar-refractivity contribution in [3.63, 3.8) is 0 Å². The predicted molar refractivity (Wildman–Crippen MR) is 56.8 cm³/mol. The SMILES string of the molecule is CC(C)CCc1ncc(Cl)cc1N. The summed E-state index contributed by atoms with van der Waals surface area (Å²) in [5.41, 5.74) is 7.42. The van der Waals surface area contributed by atoms with Crippen molar-refractivity contribution < 1.29 is 0 Å². The molecule has 1 aromatic rings. The Kier molecular flexibility index (Phi) is 3.55. The average Bonchev–Trinajstić information content (AvgIpc) is 2.02. The zero-order chi connectivity index (χ0) is 9.84. The molecule has 72 valence electrons. The molecule has 0 aromatic carbocycles. The van der Waals surface area contributed by atoms with Gasteiger partial charge in [0.1, 0.15) is 0 Å². The van der Waals surface area contributed by atoms with Crippen LogP contribution in [0.25, 0.3) is 0 Å². The second-order valence-corrected chi connectivity index (χ2v) is 4.06. The van der Waals surface area contributed by atoms with Gasteiger partial charge in [0.05, 0.1) is 16.4 Å². The molecule has 0 fully saturated rings. The summed E-state index contributed by atoms with van der Waals surface area (Å²) < 4.78 is 0. The summed E-state index contributed by atoms with van der Waals surface area (Å²) in [6.07, 6.45) is 3.69. The first-order valence-electron chi connectivity index (χ1n) is 4.49. The summed E-state index contributed by atoms with van der Waals surface area (Å²) >= 11 is 5.74. The largest absolute Gasteiger partial charge is 0.397 e. The highest BCUT2D eigenvalue weighted by molar-refractivity contribution is 6.30. The monoisotopic (exact) mass is 198 g/mol. The maximum atomic E-state index is 5.76. The molecule has 0 bridgehead atoms. The number of nitrogen functional groups attached to an aromatic ring is 1. The quantitative estimate of drug-likeness (QED) is 0.811. The van der Waals surface area contributed by atoms with Gasteiger partial charge in [-0.2, -0.15) is 0 Å². The second-order valence-electron chi connectivity index (χ2n) is 3.62. The number of anilines is 1. The fraction of sp³-hybridized carbons (Fsp3) is 0.500. The van der Waals surface area contributed by atoms with Gasteiger partial charge in [-0.1, -0.05) is 25.4 Å². The summed E-state index contributed by atoms with van der Waals surface area (Å²) in [5.74, 6) is 0.678. The van der Waals surface area contributed by atoms with Gasteiger partial charge in [-0.25, -0.2) is 0 Å². The van der Waals surface area contributed by atoms with Gasteiger partial charge in [-0.15, -0.1) is 0 Å². The molecule has 0 radical (unpaired) electrons. The lowest BCUT2D eigenvalue weighted by atomic mass is 10.1. The van der Waals surface area contributed by atoms with Crippen LogP contribution in [0.4, 0.5) is 5.69 Å². The van der Waals surface area contributed by atoms with Crippen LogP contribution >= 0.6 is 11.6 Å². The standard InChI is InChI=1S/C10H15ClN2/c1-7(2)3-4-10-9(12)5-8(11)6-13-10/h5-7H,3-4,12H2,1-2H3. The molecule has 0 atom stereocenters. The van der Waals surface area contributed by atoms with Crippen molar-refractivity contribution in [2.24, 2.45) is 5.92 Å². The lowest BCUT2D eigenvalue weighted by Crippen LogP contribution is -2.00. The number of halogens is 1. The molecular formula is C10H15ClN2. The van der Waals surface area contributed by atoms with E-state index in [1.165, 1.54) is 0 Å². The Hall–Kier alpha value is -0.760. The lowest BCUT2D eigenvalue weighted by molar-refractivity contribution is 0.582. The first-order chi connectivity index (χ1) is 6.09. The second kappa shape index (κ2) is 4.47. The first-order valence-corrected chi connectivity index (χ1v) is 4.87. The van der Waals surface area contributed by atoms with E-state index < -0.39 is 0 Å². The van der Waals surface area contributed by atoms with Crippen molar-refractivity contribution in [1.82, 2.24) is 4.98 Å². The van der Waals surface area contributed by atoms with Crippen molar-refractivity contribution in [2.45, 2.75) is 26.7 Å². The van der Waals surface area contributed by atoms with Crippen LogP contribution < -0.4 is 5.73 Å². The number of hydrogen-bond acceptors (Lipinski definition) is 2. The highest BCUT2D eigenvalue weighted by Crippen LogP contribution is 2.17. The molecule has 0 saturated heterocycles. The van der Waals surface area contributed by atoms with Gasteiger partial charge >= 0.3 is 0 Å². The fourth-order valence-electron chi connectivity index (χ4n) is 1.12. The van der Waals surface area contributed by atoms with Gasteiger partial charge in [0.2, 0.25) is 0 Å². The van der Waals surface area contributed by atoms with Crippen LogP contribution in [0.5, 0.6) is 0 Å². The summed E-state index contributed by atoms with van der Waals surface area (Å²) in [4.78, 5) is 4.19. The van der Waals surface area contributed by atoms with Gasteiger partial charge < -0.3 is 5.73 Å². The highest BCUT2D eigenvalue weighted by Gasteiger charge is 2.02. The van der Waals surface area contributed by atoms with Crippen LogP contribution in [-0.2, 0) is 6.42 Å². The highest BCUT2D eigenvalue weighted by atomic mass is 35.5. The van der Waals surface area contributed by atoms with Crippen LogP contribution in [0.2, 0.25) is 5.02 Å². The predicted octanol–water partition coefficient (Wildman–Crippen LogP) is 2.91. The van der Waals surface area contributed by atoms with Crippen LogP contribution in [0, 0.1) is 5.92 Å². The van der Waals surface area contributed by atoms with Gasteiger partial charge in [0.15, 0.2) is 0 Å². The third-order valence-electron chi connectivity index (χ3n) is 1.93. The Morgan fingerprint density at radius 1 is 1.54 bits per heavy atom. The molecule has 0 spiro atoms. The van der Waals surface area contributed by atoms with Gasteiger partial charge in [0, 0.05) is 6.20 Å². The summed E-state index contributed by atoms with van der Waals surface area (Å²) in [7, 11) is 0. The van der Waals surface area contributed by atoms with Crippen LogP contribution in [0.1, 0.15) is 26.0 Å². The third-order valence-corrected chi connectivity index (χ3v) is 2.14. The van der Waals surface area contributed by atoms with Crippen LogP contribution in [0.15, 0.2) is 12.3 Å². The van der Waals surface area contributed by atoms with Crippen molar-refractivity contribution >= 4 is 17.3 Å². The maximum absolute atomic E-state index is 5.76. The zero-order valence-corrected chi connectivity index (χ0v) is 8.80. The van der Waals surface area contributed by atoms with Crippen molar-refractivity contribution in [3.05, 3.63) is 23.0 Å². The smallest absolute Gasteiger partial charge is 0.0633 e. The minimum Gasteiger partial charge on any atom is -0.397 e. The molecule has 0 aliphatic rings. The average molecular weight is 199 g/mol. The molecule has 2 N–H and O–H groups in total. The molecule has 0 unspecified atom stereocenters. The Labute approximate surface area is 84.1 Å². The van der Waals surface area contributed by atoms with E-state index >= 15 is 0 Å². The molecule has 3 heteroatoms. The van der Waals surface area contributed by atoms with Crippen LogP contribution in [0.3, 0.4) is 0 Å². The Morgan fingerprint density at radius 3 is 2.77 bits per heavy atom. The van der Waals surface area contributed by atoms with Crippen molar-refractivity contribution in [3.8, 4) is 0 Å². The molecule has 0 aliphatic heterocycles. The van der Waals surface area contributed by atoms with Crippen LogP contribution in [-0.4, -0.2) is 4.98 Å². The third kappa shape index (κ3) is 3.23. The first kappa shape index (κ1) is 10.3. The van der Waals surface area contributed by atoms with E-state index in [1.54, 1.807) is 12.3 Å². The number of nitrogens with two attached hydrogens (primary N) is 1. The molecule has 1 heterocycles.